The zero-order chi connectivity index (χ0) is 13.7. The highest BCUT2D eigenvalue weighted by atomic mass is 15.3. The van der Waals surface area contributed by atoms with Crippen LogP contribution in [-0.4, -0.2) is 29.3 Å². The molecular weight excluding hydrogens is 236 g/mol. The van der Waals surface area contributed by atoms with E-state index < -0.39 is 0 Å². The van der Waals surface area contributed by atoms with E-state index in [-0.39, 0.29) is 0 Å². The van der Waals surface area contributed by atoms with Crippen LogP contribution >= 0.6 is 0 Å². The average molecular weight is 262 g/mol. The van der Waals surface area contributed by atoms with Gasteiger partial charge >= 0.3 is 0 Å². The molecule has 0 amide bonds. The van der Waals surface area contributed by atoms with Crippen molar-refractivity contribution in [2.24, 2.45) is 5.92 Å². The van der Waals surface area contributed by atoms with Gasteiger partial charge in [-0.05, 0) is 37.8 Å². The molecule has 1 N–H and O–H groups in total. The Morgan fingerprint density at radius 3 is 2.63 bits per heavy atom. The Morgan fingerprint density at radius 1 is 1.32 bits per heavy atom. The van der Waals surface area contributed by atoms with E-state index in [1.165, 1.54) is 19.3 Å². The van der Waals surface area contributed by atoms with Gasteiger partial charge in [-0.25, -0.2) is 0 Å². The van der Waals surface area contributed by atoms with Gasteiger partial charge in [-0.1, -0.05) is 20.3 Å². The van der Waals surface area contributed by atoms with Gasteiger partial charge in [0.15, 0.2) is 5.82 Å². The minimum absolute atomic E-state index is 0.693. The third-order valence-corrected chi connectivity index (χ3v) is 3.79. The normalized spacial score (nSPS) is 16.4. The number of hydrogen-bond acceptors (Lipinski definition) is 4. The van der Waals surface area contributed by atoms with Gasteiger partial charge in [0.2, 0.25) is 0 Å². The van der Waals surface area contributed by atoms with E-state index in [1.54, 1.807) is 0 Å². The highest BCUT2D eigenvalue weighted by molar-refractivity contribution is 5.37. The van der Waals surface area contributed by atoms with Crippen LogP contribution in [0.4, 0.5) is 5.82 Å². The number of rotatable bonds is 8. The van der Waals surface area contributed by atoms with Gasteiger partial charge in [0.05, 0.1) is 5.69 Å². The molecule has 2 rings (SSSR count). The molecule has 1 unspecified atom stereocenters. The second-order valence-corrected chi connectivity index (χ2v) is 5.59. The summed E-state index contributed by atoms with van der Waals surface area (Å²) in [6.45, 7) is 9.57. The largest absolute Gasteiger partial charge is 0.355 e. The standard InChI is InChI=1S/C15H26N4/c1-4-12(3)11-19(5-2)15-9-8-14(17-18-15)10-16-13-6-7-13/h8-9,12-13,16H,4-7,10-11H2,1-3H3. The fraction of sp³-hybridized carbons (Fsp3) is 0.733. The van der Waals surface area contributed by atoms with Crippen LogP contribution in [0.5, 0.6) is 0 Å². The van der Waals surface area contributed by atoms with Crippen LogP contribution in [0.1, 0.15) is 45.7 Å². The first kappa shape index (κ1) is 14.3. The SMILES string of the molecule is CCC(C)CN(CC)c1ccc(CNC2CC2)nn1. The Kier molecular flexibility index (Phi) is 5.14. The van der Waals surface area contributed by atoms with E-state index >= 15 is 0 Å². The van der Waals surface area contributed by atoms with E-state index in [0.717, 1.165) is 37.2 Å². The van der Waals surface area contributed by atoms with Crippen LogP contribution in [-0.2, 0) is 6.54 Å². The van der Waals surface area contributed by atoms with Crippen LogP contribution in [0.3, 0.4) is 0 Å². The molecule has 4 nitrogen and oxygen atoms in total. The molecule has 0 aromatic carbocycles. The van der Waals surface area contributed by atoms with Gasteiger partial charge in [0.1, 0.15) is 0 Å². The Labute approximate surface area is 116 Å². The lowest BCUT2D eigenvalue weighted by Gasteiger charge is -2.24. The smallest absolute Gasteiger partial charge is 0.151 e. The molecule has 0 aliphatic heterocycles. The summed E-state index contributed by atoms with van der Waals surface area (Å²) in [7, 11) is 0. The Morgan fingerprint density at radius 2 is 2.11 bits per heavy atom. The van der Waals surface area contributed by atoms with Gasteiger partial charge in [-0.3, -0.25) is 0 Å². The lowest BCUT2D eigenvalue weighted by molar-refractivity contribution is 0.543. The predicted molar refractivity (Wildman–Crippen MR) is 79.2 cm³/mol. The highest BCUT2D eigenvalue weighted by Gasteiger charge is 2.20. The van der Waals surface area contributed by atoms with Crippen molar-refractivity contribution in [3.63, 3.8) is 0 Å². The molecule has 19 heavy (non-hydrogen) atoms. The zero-order valence-electron chi connectivity index (χ0n) is 12.4. The number of nitrogens with one attached hydrogen (secondary N) is 1. The van der Waals surface area contributed by atoms with Crippen molar-refractivity contribution in [1.82, 2.24) is 15.5 Å². The van der Waals surface area contributed by atoms with Gasteiger partial charge in [0, 0.05) is 25.7 Å². The molecule has 0 spiro atoms. The van der Waals surface area contributed by atoms with E-state index in [1.807, 2.05) is 0 Å². The van der Waals surface area contributed by atoms with E-state index in [9.17, 15) is 0 Å². The maximum absolute atomic E-state index is 4.37. The van der Waals surface area contributed by atoms with E-state index in [4.69, 9.17) is 0 Å². The quantitative estimate of drug-likeness (QED) is 0.782. The maximum Gasteiger partial charge on any atom is 0.151 e. The second-order valence-electron chi connectivity index (χ2n) is 5.59. The van der Waals surface area contributed by atoms with Crippen molar-refractivity contribution in [2.45, 2.75) is 52.6 Å². The molecule has 1 atom stereocenters. The predicted octanol–water partition coefficient (Wildman–Crippen LogP) is 2.60. The maximum atomic E-state index is 4.37. The zero-order valence-corrected chi connectivity index (χ0v) is 12.4. The molecule has 1 aliphatic carbocycles. The first-order valence-electron chi connectivity index (χ1n) is 7.53. The minimum Gasteiger partial charge on any atom is -0.355 e. The number of nitrogens with zero attached hydrogens (tertiary/aromatic N) is 3. The van der Waals surface area contributed by atoms with Crippen molar-refractivity contribution < 1.29 is 0 Å². The van der Waals surface area contributed by atoms with Gasteiger partial charge < -0.3 is 10.2 Å². The highest BCUT2D eigenvalue weighted by Crippen LogP contribution is 2.19. The molecule has 106 valence electrons. The van der Waals surface area contributed by atoms with Gasteiger partial charge in [0.25, 0.3) is 0 Å². The average Bonchev–Trinajstić information content (AvgIpc) is 3.27. The Balaban J connectivity index is 1.90. The summed E-state index contributed by atoms with van der Waals surface area (Å²) in [6, 6.07) is 4.92. The van der Waals surface area contributed by atoms with E-state index in [0.29, 0.717) is 5.92 Å². The summed E-state index contributed by atoms with van der Waals surface area (Å²) in [6.07, 6.45) is 3.82. The number of anilines is 1. The third kappa shape index (κ3) is 4.46. The second kappa shape index (κ2) is 6.85. The van der Waals surface area contributed by atoms with Gasteiger partial charge in [-0.2, -0.15) is 5.10 Å². The molecule has 1 saturated carbocycles. The molecule has 0 saturated heterocycles. The summed E-state index contributed by atoms with van der Waals surface area (Å²) in [5.74, 6) is 1.69. The molecule has 1 fully saturated rings. The Bertz CT molecular complexity index is 372. The molecule has 1 aliphatic rings. The van der Waals surface area contributed by atoms with Crippen LogP contribution in [0.15, 0.2) is 12.1 Å². The summed E-state index contributed by atoms with van der Waals surface area (Å²) >= 11 is 0. The number of hydrogen-bond donors (Lipinski definition) is 1. The summed E-state index contributed by atoms with van der Waals surface area (Å²) in [4.78, 5) is 2.30. The van der Waals surface area contributed by atoms with Crippen molar-refractivity contribution >= 4 is 5.82 Å². The van der Waals surface area contributed by atoms with Crippen molar-refractivity contribution in [3.05, 3.63) is 17.8 Å². The summed E-state index contributed by atoms with van der Waals surface area (Å²) in [5, 5.41) is 12.2. The number of aromatic nitrogens is 2. The molecule has 1 aromatic heterocycles. The molecule has 0 radical (unpaired) electrons. The first-order valence-corrected chi connectivity index (χ1v) is 7.53. The minimum atomic E-state index is 0.693. The lowest BCUT2D eigenvalue weighted by Crippen LogP contribution is -2.29. The van der Waals surface area contributed by atoms with E-state index in [2.05, 4.69) is 53.3 Å². The topological polar surface area (TPSA) is 41.0 Å². The Hall–Kier alpha value is -1.16. The van der Waals surface area contributed by atoms with Crippen LogP contribution < -0.4 is 10.2 Å². The summed E-state index contributed by atoms with van der Waals surface area (Å²) < 4.78 is 0. The van der Waals surface area contributed by atoms with Crippen LogP contribution in [0.25, 0.3) is 0 Å². The molecule has 0 bridgehead atoms. The third-order valence-electron chi connectivity index (χ3n) is 3.79. The molecule has 1 aromatic rings. The molecule has 1 heterocycles. The summed E-state index contributed by atoms with van der Waals surface area (Å²) in [5.41, 5.74) is 1.04. The molecule has 4 heteroatoms. The van der Waals surface area contributed by atoms with Crippen molar-refractivity contribution in [3.8, 4) is 0 Å². The van der Waals surface area contributed by atoms with Gasteiger partial charge in [-0.15, -0.1) is 5.10 Å². The van der Waals surface area contributed by atoms with Crippen molar-refractivity contribution in [2.75, 3.05) is 18.0 Å². The fourth-order valence-electron chi connectivity index (χ4n) is 2.04. The van der Waals surface area contributed by atoms with Crippen LogP contribution in [0, 0.1) is 5.92 Å². The van der Waals surface area contributed by atoms with Crippen molar-refractivity contribution in [1.29, 1.82) is 0 Å². The first-order chi connectivity index (χ1) is 9.22. The monoisotopic (exact) mass is 262 g/mol. The van der Waals surface area contributed by atoms with Crippen LogP contribution in [0.2, 0.25) is 0 Å². The fourth-order valence-corrected chi connectivity index (χ4v) is 2.04. The molecular formula is C15H26N4. The lowest BCUT2D eigenvalue weighted by atomic mass is 10.1.